The van der Waals surface area contributed by atoms with Crippen LogP contribution in [0.25, 0.3) is 0 Å². The van der Waals surface area contributed by atoms with E-state index in [0.29, 0.717) is 33.9 Å². The van der Waals surface area contributed by atoms with E-state index in [-0.39, 0.29) is 13.0 Å². The van der Waals surface area contributed by atoms with E-state index in [4.69, 9.17) is 32.7 Å². The van der Waals surface area contributed by atoms with Gasteiger partial charge in [-0.2, -0.15) is 11.8 Å². The molecule has 0 spiro atoms. The second-order valence-corrected chi connectivity index (χ2v) is 7.94. The van der Waals surface area contributed by atoms with Gasteiger partial charge >= 0.3 is 12.1 Å². The number of alkyl carbamates (subject to hydrolysis) is 1. The van der Waals surface area contributed by atoms with E-state index in [1.807, 2.05) is 30.3 Å². The van der Waals surface area contributed by atoms with Gasteiger partial charge < -0.3 is 19.9 Å². The molecule has 0 aliphatic carbocycles. The molecule has 0 radical (unpaired) electrons. The van der Waals surface area contributed by atoms with E-state index in [9.17, 15) is 14.7 Å². The van der Waals surface area contributed by atoms with Crippen LogP contribution in [0.2, 0.25) is 10.0 Å². The molecule has 0 aliphatic heterocycles. The molecule has 0 fully saturated rings. The smallest absolute Gasteiger partial charge is 0.408 e. The zero-order valence-electron chi connectivity index (χ0n) is 15.5. The van der Waals surface area contributed by atoms with Crippen LogP contribution < -0.4 is 10.1 Å². The summed E-state index contributed by atoms with van der Waals surface area (Å²) in [5.41, 5.74) is 0.823. The summed E-state index contributed by atoms with van der Waals surface area (Å²) in [6.45, 7) is 0.452. The summed E-state index contributed by atoms with van der Waals surface area (Å²) >= 11 is 13.6. The number of carboxylic acids is 1. The Labute approximate surface area is 183 Å². The molecular weight excluding hydrogens is 437 g/mol. The Kier molecular flexibility index (Phi) is 9.97. The van der Waals surface area contributed by atoms with Gasteiger partial charge in [-0.15, -0.1) is 0 Å². The second kappa shape index (κ2) is 12.5. The number of hydrogen-bond acceptors (Lipinski definition) is 5. The Balaban J connectivity index is 1.65. The summed E-state index contributed by atoms with van der Waals surface area (Å²) in [5, 5.41) is 12.5. The van der Waals surface area contributed by atoms with Gasteiger partial charge in [0.05, 0.1) is 16.7 Å². The Morgan fingerprint density at radius 3 is 2.38 bits per heavy atom. The Morgan fingerprint density at radius 1 is 1.03 bits per heavy atom. The van der Waals surface area contributed by atoms with E-state index in [0.717, 1.165) is 5.56 Å². The maximum Gasteiger partial charge on any atom is 0.408 e. The third-order valence-electron chi connectivity index (χ3n) is 3.75. The Bertz CT molecular complexity index is 786. The molecule has 1 atom stereocenters. The van der Waals surface area contributed by atoms with Gasteiger partial charge in [-0.05, 0) is 29.9 Å². The number of carbonyl (C=O) groups is 2. The highest BCUT2D eigenvalue weighted by molar-refractivity contribution is 7.99. The van der Waals surface area contributed by atoms with Crippen molar-refractivity contribution in [3.05, 3.63) is 64.1 Å². The monoisotopic (exact) mass is 457 g/mol. The first-order chi connectivity index (χ1) is 14.0. The number of carbonyl (C=O) groups excluding carboxylic acids is 1. The van der Waals surface area contributed by atoms with Gasteiger partial charge in [0.15, 0.2) is 5.75 Å². The molecule has 2 N–H and O–H groups in total. The minimum atomic E-state index is -1.11. The first kappa shape index (κ1) is 23.2. The van der Waals surface area contributed by atoms with E-state index < -0.39 is 18.1 Å². The van der Waals surface area contributed by atoms with E-state index in [1.165, 1.54) is 11.8 Å². The molecule has 2 aromatic carbocycles. The fraction of sp³-hybridized carbons (Fsp3) is 0.300. The highest BCUT2D eigenvalue weighted by Gasteiger charge is 2.20. The number of amides is 1. The summed E-state index contributed by atoms with van der Waals surface area (Å²) in [4.78, 5) is 23.2. The lowest BCUT2D eigenvalue weighted by molar-refractivity contribution is -0.139. The number of nitrogens with one attached hydrogen (secondary N) is 1. The molecule has 1 unspecified atom stereocenters. The summed E-state index contributed by atoms with van der Waals surface area (Å²) in [6, 6.07) is 13.2. The molecule has 1 amide bonds. The molecule has 0 heterocycles. The molecule has 0 saturated carbocycles. The van der Waals surface area contributed by atoms with Crippen LogP contribution >= 0.6 is 35.0 Å². The number of carboxylic acid groups (broad SMARTS) is 1. The minimum absolute atomic E-state index is 0.0791. The lowest BCUT2D eigenvalue weighted by atomic mass is 10.2. The fourth-order valence-corrected chi connectivity index (χ4v) is 3.60. The first-order valence-electron chi connectivity index (χ1n) is 8.82. The van der Waals surface area contributed by atoms with E-state index in [2.05, 4.69) is 5.32 Å². The standard InChI is InChI=1S/C20H21Cl2NO5S/c21-15-7-4-8-16(22)18(15)27-10-12-29-11-9-17(19(24)25)23-20(26)28-13-14-5-2-1-3-6-14/h1-8,17H,9-13H2,(H,23,26)(H,24,25). The van der Waals surface area contributed by atoms with Crippen molar-refractivity contribution in [2.75, 3.05) is 18.1 Å². The van der Waals surface area contributed by atoms with Crippen LogP contribution in [-0.2, 0) is 16.1 Å². The van der Waals surface area contributed by atoms with Crippen molar-refractivity contribution >= 4 is 47.0 Å². The van der Waals surface area contributed by atoms with Crippen molar-refractivity contribution in [3.63, 3.8) is 0 Å². The number of para-hydroxylation sites is 1. The molecule has 2 rings (SSSR count). The van der Waals surface area contributed by atoms with E-state index >= 15 is 0 Å². The SMILES string of the molecule is O=C(NC(CCSCCOc1c(Cl)cccc1Cl)C(=O)O)OCc1ccccc1. The highest BCUT2D eigenvalue weighted by atomic mass is 35.5. The number of ether oxygens (including phenoxy) is 2. The Morgan fingerprint density at radius 2 is 1.72 bits per heavy atom. The normalized spacial score (nSPS) is 11.5. The maximum absolute atomic E-state index is 11.8. The van der Waals surface area contributed by atoms with Gasteiger partial charge in [-0.3, -0.25) is 0 Å². The van der Waals surface area contributed by atoms with Gasteiger partial charge in [-0.25, -0.2) is 9.59 Å². The van der Waals surface area contributed by atoms with Gasteiger partial charge in [-0.1, -0.05) is 59.6 Å². The number of benzene rings is 2. The molecule has 2 aromatic rings. The predicted octanol–water partition coefficient (Wildman–Crippen LogP) is 4.88. The van der Waals surface area contributed by atoms with Crippen molar-refractivity contribution in [1.29, 1.82) is 0 Å². The molecule has 0 saturated heterocycles. The Hall–Kier alpha value is -2.09. The average molecular weight is 458 g/mol. The van der Waals surface area contributed by atoms with Crippen molar-refractivity contribution < 1.29 is 24.2 Å². The van der Waals surface area contributed by atoms with Crippen LogP contribution in [0.1, 0.15) is 12.0 Å². The third-order valence-corrected chi connectivity index (χ3v) is 5.32. The van der Waals surface area contributed by atoms with Crippen LogP contribution in [0.15, 0.2) is 48.5 Å². The summed E-state index contributed by atoms with van der Waals surface area (Å²) in [6.07, 6.45) is -0.504. The lowest BCUT2D eigenvalue weighted by Gasteiger charge is -2.14. The summed E-state index contributed by atoms with van der Waals surface area (Å²) in [5.74, 6) is 0.464. The van der Waals surface area contributed by atoms with Crippen LogP contribution in [0.3, 0.4) is 0 Å². The molecule has 6 nitrogen and oxygen atoms in total. The quantitative estimate of drug-likeness (QED) is 0.467. The number of hydrogen-bond donors (Lipinski definition) is 2. The third kappa shape index (κ3) is 8.43. The zero-order chi connectivity index (χ0) is 21.1. The maximum atomic E-state index is 11.8. The second-order valence-electron chi connectivity index (χ2n) is 5.90. The number of aliphatic carboxylic acids is 1. The largest absolute Gasteiger partial charge is 0.490 e. The van der Waals surface area contributed by atoms with Crippen LogP contribution in [-0.4, -0.2) is 41.3 Å². The molecule has 9 heteroatoms. The predicted molar refractivity (Wildman–Crippen MR) is 115 cm³/mol. The highest BCUT2D eigenvalue weighted by Crippen LogP contribution is 2.32. The van der Waals surface area contributed by atoms with Gasteiger partial charge in [0.1, 0.15) is 12.6 Å². The van der Waals surface area contributed by atoms with Crippen LogP contribution in [0.4, 0.5) is 4.79 Å². The minimum Gasteiger partial charge on any atom is -0.490 e. The molecule has 29 heavy (non-hydrogen) atoms. The van der Waals surface area contributed by atoms with Crippen molar-refractivity contribution in [1.82, 2.24) is 5.32 Å². The molecule has 0 aromatic heterocycles. The van der Waals surface area contributed by atoms with E-state index in [1.54, 1.807) is 18.2 Å². The summed E-state index contributed by atoms with van der Waals surface area (Å²) in [7, 11) is 0. The van der Waals surface area contributed by atoms with Crippen molar-refractivity contribution in [3.8, 4) is 5.75 Å². The van der Waals surface area contributed by atoms with Gasteiger partial charge in [0, 0.05) is 5.75 Å². The number of halogens is 2. The molecule has 0 aliphatic rings. The average Bonchev–Trinajstić information content (AvgIpc) is 2.70. The topological polar surface area (TPSA) is 84.9 Å². The number of thioether (sulfide) groups is 1. The first-order valence-corrected chi connectivity index (χ1v) is 10.7. The molecular formula is C20H21Cl2NO5S. The number of rotatable bonds is 11. The van der Waals surface area contributed by atoms with Crippen LogP contribution in [0.5, 0.6) is 5.75 Å². The lowest BCUT2D eigenvalue weighted by Crippen LogP contribution is -2.41. The van der Waals surface area contributed by atoms with Crippen LogP contribution in [0, 0.1) is 0 Å². The summed E-state index contributed by atoms with van der Waals surface area (Å²) < 4.78 is 10.6. The fourth-order valence-electron chi connectivity index (χ4n) is 2.29. The van der Waals surface area contributed by atoms with Crippen molar-refractivity contribution in [2.45, 2.75) is 19.1 Å². The van der Waals surface area contributed by atoms with Gasteiger partial charge in [0.2, 0.25) is 0 Å². The van der Waals surface area contributed by atoms with Gasteiger partial charge in [0.25, 0.3) is 0 Å². The molecule has 0 bridgehead atoms. The zero-order valence-corrected chi connectivity index (χ0v) is 17.8. The molecule has 156 valence electrons. The van der Waals surface area contributed by atoms with Crippen molar-refractivity contribution in [2.24, 2.45) is 0 Å².